The van der Waals surface area contributed by atoms with Gasteiger partial charge >= 0.3 is 5.97 Å². The Bertz CT molecular complexity index is 968. The lowest BCUT2D eigenvalue weighted by Gasteiger charge is -2.05. The molecular weight excluding hydrogens is 398 g/mol. The molecule has 1 aliphatic heterocycles. The minimum Gasteiger partial charge on any atom is -0.454 e. The molecule has 0 bridgehead atoms. The van der Waals surface area contributed by atoms with Crippen molar-refractivity contribution in [3.8, 4) is 11.5 Å². The quantitative estimate of drug-likeness (QED) is 0.424. The van der Waals surface area contributed by atoms with Crippen molar-refractivity contribution in [3.05, 3.63) is 64.2 Å². The minimum atomic E-state index is -0.658. The molecule has 1 N–H and O–H groups in total. The largest absolute Gasteiger partial charge is 0.454 e. The summed E-state index contributed by atoms with van der Waals surface area (Å²) in [4.78, 5) is 35.0. The molecular formula is C21H18ClNO6. The lowest BCUT2D eigenvalue weighted by molar-refractivity contribution is -0.136. The maximum atomic E-state index is 12.2. The van der Waals surface area contributed by atoms with Crippen molar-refractivity contribution in [1.29, 1.82) is 0 Å². The fraction of sp³-hybridized carbons (Fsp3) is 0.190. The van der Waals surface area contributed by atoms with Gasteiger partial charge in [0, 0.05) is 25.1 Å². The first-order valence-electron chi connectivity index (χ1n) is 8.73. The van der Waals surface area contributed by atoms with Gasteiger partial charge in [-0.25, -0.2) is 4.79 Å². The van der Waals surface area contributed by atoms with Gasteiger partial charge in [0.25, 0.3) is 0 Å². The normalized spacial score (nSPS) is 12.1. The van der Waals surface area contributed by atoms with Crippen LogP contribution in [-0.2, 0) is 20.9 Å². The molecule has 1 amide bonds. The van der Waals surface area contributed by atoms with Crippen molar-refractivity contribution >= 4 is 35.3 Å². The molecule has 0 atom stereocenters. The number of fused-ring (bicyclic) bond motifs is 1. The van der Waals surface area contributed by atoms with Crippen LogP contribution in [-0.4, -0.2) is 31.1 Å². The van der Waals surface area contributed by atoms with Gasteiger partial charge in [-0.05, 0) is 29.3 Å². The van der Waals surface area contributed by atoms with Crippen molar-refractivity contribution in [2.45, 2.75) is 13.5 Å². The summed E-state index contributed by atoms with van der Waals surface area (Å²) < 4.78 is 15.5. The van der Waals surface area contributed by atoms with E-state index in [1.165, 1.54) is 19.1 Å². The second-order valence-electron chi connectivity index (χ2n) is 6.21. The number of hydrogen-bond acceptors (Lipinski definition) is 6. The van der Waals surface area contributed by atoms with Gasteiger partial charge in [0.2, 0.25) is 12.7 Å². The molecule has 0 saturated carbocycles. The molecule has 1 aliphatic rings. The second kappa shape index (κ2) is 9.25. The number of Topliss-reactive ketones (excluding diaryl/α,β-unsaturated/α-hetero) is 1. The van der Waals surface area contributed by atoms with Crippen LogP contribution < -0.4 is 14.8 Å². The van der Waals surface area contributed by atoms with Gasteiger partial charge in [-0.1, -0.05) is 35.9 Å². The molecule has 8 heteroatoms. The zero-order valence-corrected chi connectivity index (χ0v) is 16.3. The van der Waals surface area contributed by atoms with Gasteiger partial charge in [-0.3, -0.25) is 9.59 Å². The van der Waals surface area contributed by atoms with Gasteiger partial charge in [-0.2, -0.15) is 0 Å². The van der Waals surface area contributed by atoms with Gasteiger partial charge in [0.1, 0.15) is 0 Å². The molecule has 3 rings (SSSR count). The predicted octanol–water partition coefficient (Wildman–Crippen LogP) is 3.14. The fourth-order valence-electron chi connectivity index (χ4n) is 2.55. The predicted molar refractivity (Wildman–Crippen MR) is 106 cm³/mol. The number of rotatable bonds is 7. The number of ether oxygens (including phenoxy) is 3. The van der Waals surface area contributed by atoms with Gasteiger partial charge < -0.3 is 19.5 Å². The number of benzene rings is 2. The summed E-state index contributed by atoms with van der Waals surface area (Å²) in [6, 6.07) is 10.0. The number of hydrogen-bond donors (Lipinski definition) is 1. The van der Waals surface area contributed by atoms with E-state index in [0.29, 0.717) is 34.2 Å². The van der Waals surface area contributed by atoms with E-state index in [4.69, 9.17) is 25.8 Å². The van der Waals surface area contributed by atoms with Crippen molar-refractivity contribution in [1.82, 2.24) is 5.32 Å². The monoisotopic (exact) mass is 415 g/mol. The van der Waals surface area contributed by atoms with E-state index >= 15 is 0 Å². The van der Waals surface area contributed by atoms with E-state index < -0.39 is 5.97 Å². The second-order valence-corrected chi connectivity index (χ2v) is 6.61. The average molecular weight is 416 g/mol. The highest BCUT2D eigenvalue weighted by Crippen LogP contribution is 2.40. The van der Waals surface area contributed by atoms with E-state index in [1.54, 1.807) is 36.4 Å². The van der Waals surface area contributed by atoms with E-state index in [9.17, 15) is 14.4 Å². The van der Waals surface area contributed by atoms with Gasteiger partial charge in [-0.15, -0.1) is 0 Å². The number of amides is 1. The summed E-state index contributed by atoms with van der Waals surface area (Å²) in [6.07, 6.45) is 2.72. The molecule has 29 heavy (non-hydrogen) atoms. The third-order valence-electron chi connectivity index (χ3n) is 4.02. The molecule has 0 aliphatic carbocycles. The zero-order chi connectivity index (χ0) is 20.8. The summed E-state index contributed by atoms with van der Waals surface area (Å²) in [5.74, 6) is -0.144. The number of halogens is 1. The van der Waals surface area contributed by atoms with Crippen LogP contribution in [0.1, 0.15) is 28.4 Å². The number of esters is 1. The van der Waals surface area contributed by atoms with E-state index in [-0.39, 0.29) is 25.1 Å². The van der Waals surface area contributed by atoms with Crippen LogP contribution in [0.3, 0.4) is 0 Å². The first-order chi connectivity index (χ1) is 13.9. The standard InChI is InChI=1S/C21H18ClNO6/c1-13(24)23-10-14-2-5-16(6-3-14)18(25)11-27-20(26)7-4-15-8-17(22)21-19(9-15)28-12-29-21/h2-9H,10-12H2,1H3,(H,23,24)/b7-4+. The number of carbonyl (C=O) groups is 3. The molecule has 150 valence electrons. The summed E-state index contributed by atoms with van der Waals surface area (Å²) in [6.45, 7) is 1.53. The first-order valence-corrected chi connectivity index (χ1v) is 9.11. The van der Waals surface area contributed by atoms with E-state index in [2.05, 4.69) is 5.32 Å². The first kappa shape index (κ1) is 20.4. The molecule has 0 saturated heterocycles. The van der Waals surface area contributed by atoms with Crippen LogP contribution >= 0.6 is 11.6 Å². The third-order valence-corrected chi connectivity index (χ3v) is 4.31. The maximum absolute atomic E-state index is 12.2. The Hall–Kier alpha value is -3.32. The fourth-order valence-corrected chi connectivity index (χ4v) is 2.82. The van der Waals surface area contributed by atoms with E-state index in [1.807, 2.05) is 0 Å². The van der Waals surface area contributed by atoms with E-state index in [0.717, 1.165) is 5.56 Å². The molecule has 0 aromatic heterocycles. The molecule has 2 aromatic rings. The SMILES string of the molecule is CC(=O)NCc1ccc(C(=O)COC(=O)/C=C/c2cc(Cl)c3c(c2)OCO3)cc1. The molecule has 0 radical (unpaired) electrons. The van der Waals surface area contributed by atoms with Crippen LogP contribution in [0.15, 0.2) is 42.5 Å². The molecule has 2 aromatic carbocycles. The highest BCUT2D eigenvalue weighted by molar-refractivity contribution is 6.32. The number of ketones is 1. The Morgan fingerprint density at radius 1 is 1.17 bits per heavy atom. The smallest absolute Gasteiger partial charge is 0.331 e. The Labute approximate surface area is 172 Å². The minimum absolute atomic E-state index is 0.0978. The number of nitrogens with one attached hydrogen (secondary N) is 1. The van der Waals surface area contributed by atoms with Gasteiger partial charge in [0.15, 0.2) is 23.9 Å². The van der Waals surface area contributed by atoms with Crippen molar-refractivity contribution < 1.29 is 28.6 Å². The highest BCUT2D eigenvalue weighted by Gasteiger charge is 2.17. The molecule has 0 spiro atoms. The molecule has 0 fully saturated rings. The Balaban J connectivity index is 1.51. The van der Waals surface area contributed by atoms with Crippen molar-refractivity contribution in [3.63, 3.8) is 0 Å². The molecule has 0 unspecified atom stereocenters. The Kier molecular flexibility index (Phi) is 6.51. The van der Waals surface area contributed by atoms with Crippen LogP contribution in [0.4, 0.5) is 0 Å². The Morgan fingerprint density at radius 2 is 1.93 bits per heavy atom. The topological polar surface area (TPSA) is 90.9 Å². The average Bonchev–Trinajstić information content (AvgIpc) is 3.18. The maximum Gasteiger partial charge on any atom is 0.331 e. The number of carbonyl (C=O) groups excluding carboxylic acids is 3. The summed E-state index contributed by atoms with van der Waals surface area (Å²) >= 11 is 6.09. The van der Waals surface area contributed by atoms with Crippen LogP contribution in [0.2, 0.25) is 5.02 Å². The van der Waals surface area contributed by atoms with Crippen molar-refractivity contribution in [2.75, 3.05) is 13.4 Å². The van der Waals surface area contributed by atoms with Crippen LogP contribution in [0.25, 0.3) is 6.08 Å². The summed E-state index contributed by atoms with van der Waals surface area (Å²) in [5.41, 5.74) is 1.91. The van der Waals surface area contributed by atoms with Crippen LogP contribution in [0, 0.1) is 0 Å². The van der Waals surface area contributed by atoms with Gasteiger partial charge in [0.05, 0.1) is 5.02 Å². The lowest BCUT2D eigenvalue weighted by Crippen LogP contribution is -2.19. The van der Waals surface area contributed by atoms with Crippen LogP contribution in [0.5, 0.6) is 11.5 Å². The third kappa shape index (κ3) is 5.58. The zero-order valence-electron chi connectivity index (χ0n) is 15.6. The van der Waals surface area contributed by atoms with Crippen molar-refractivity contribution in [2.24, 2.45) is 0 Å². The Morgan fingerprint density at radius 3 is 2.66 bits per heavy atom. The molecule has 1 heterocycles. The summed E-state index contributed by atoms with van der Waals surface area (Å²) in [7, 11) is 0. The highest BCUT2D eigenvalue weighted by atomic mass is 35.5. The summed E-state index contributed by atoms with van der Waals surface area (Å²) in [5, 5.41) is 3.05. The molecule has 7 nitrogen and oxygen atoms in total. The lowest BCUT2D eigenvalue weighted by atomic mass is 10.1.